The third-order valence-corrected chi connectivity index (χ3v) is 3.60. The highest BCUT2D eigenvalue weighted by Crippen LogP contribution is 2.19. The van der Waals surface area contributed by atoms with Gasteiger partial charge in [-0.3, -0.25) is 0 Å². The first-order valence-corrected chi connectivity index (χ1v) is 7.74. The minimum absolute atomic E-state index is 0.123. The number of carbonyl (C=O) groups is 1. The van der Waals surface area contributed by atoms with E-state index in [9.17, 15) is 4.79 Å². The average molecular weight is 377 g/mol. The topological polar surface area (TPSA) is 73.9 Å². The van der Waals surface area contributed by atoms with Gasteiger partial charge in [0.25, 0.3) is 0 Å². The Balaban J connectivity index is 1.90. The molecule has 0 heterocycles. The number of benzene rings is 2. The summed E-state index contributed by atoms with van der Waals surface area (Å²) in [7, 11) is 0. The van der Waals surface area contributed by atoms with Crippen LogP contribution in [0.25, 0.3) is 0 Å². The fourth-order valence-electron chi connectivity index (χ4n) is 1.80. The number of amidine groups is 1. The summed E-state index contributed by atoms with van der Waals surface area (Å²) < 4.78 is 6.37. The number of rotatable bonds is 5. The van der Waals surface area contributed by atoms with E-state index in [2.05, 4.69) is 21.1 Å². The summed E-state index contributed by atoms with van der Waals surface area (Å²) >= 11 is 3.33. The molecule has 2 N–H and O–H groups in total. The van der Waals surface area contributed by atoms with E-state index in [4.69, 9.17) is 15.3 Å². The fourth-order valence-corrected chi connectivity index (χ4v) is 2.06. The minimum atomic E-state index is -0.619. The van der Waals surface area contributed by atoms with Gasteiger partial charge in [0.2, 0.25) is 0 Å². The second-order valence-electron chi connectivity index (χ2n) is 5.00. The highest BCUT2D eigenvalue weighted by molar-refractivity contribution is 9.10. The maximum absolute atomic E-state index is 11.7. The molecule has 0 aliphatic rings. The van der Waals surface area contributed by atoms with Crippen molar-refractivity contribution in [1.29, 1.82) is 0 Å². The van der Waals surface area contributed by atoms with Crippen molar-refractivity contribution in [3.63, 3.8) is 0 Å². The second-order valence-corrected chi connectivity index (χ2v) is 5.92. The van der Waals surface area contributed by atoms with Crippen molar-refractivity contribution in [3.05, 3.63) is 63.6 Å². The van der Waals surface area contributed by atoms with Gasteiger partial charge < -0.3 is 15.3 Å². The number of nitrogens with two attached hydrogens (primary N) is 1. The van der Waals surface area contributed by atoms with Crippen molar-refractivity contribution in [2.24, 2.45) is 10.9 Å². The monoisotopic (exact) mass is 376 g/mol. The molecular formula is C17H17BrN2O3. The maximum atomic E-state index is 11.7. The lowest BCUT2D eigenvalue weighted by molar-refractivity contribution is -0.146. The van der Waals surface area contributed by atoms with E-state index < -0.39 is 5.97 Å². The lowest BCUT2D eigenvalue weighted by atomic mass is 10.1. The van der Waals surface area contributed by atoms with Crippen molar-refractivity contribution in [2.45, 2.75) is 13.8 Å². The van der Waals surface area contributed by atoms with Gasteiger partial charge in [-0.15, -0.1) is 0 Å². The fraction of sp³-hybridized carbons (Fsp3) is 0.176. The zero-order chi connectivity index (χ0) is 16.8. The van der Waals surface area contributed by atoms with Crippen LogP contribution in [-0.4, -0.2) is 18.4 Å². The predicted octanol–water partition coefficient (Wildman–Crippen LogP) is 3.31. The van der Waals surface area contributed by atoms with Crippen LogP contribution in [0.5, 0.6) is 5.75 Å². The molecule has 0 amide bonds. The molecule has 2 rings (SSSR count). The summed E-state index contributed by atoms with van der Waals surface area (Å²) in [6.45, 7) is 3.62. The number of hydrogen-bond donors (Lipinski definition) is 1. The van der Waals surface area contributed by atoms with E-state index in [1.54, 1.807) is 12.1 Å². The van der Waals surface area contributed by atoms with Gasteiger partial charge in [0.05, 0.1) is 0 Å². The lowest BCUT2D eigenvalue weighted by Crippen LogP contribution is -2.18. The zero-order valence-electron chi connectivity index (χ0n) is 12.9. The van der Waals surface area contributed by atoms with Crippen LogP contribution in [-0.2, 0) is 9.63 Å². The molecule has 0 atom stereocenters. The Kier molecular flexibility index (Phi) is 5.76. The molecule has 0 saturated carbocycles. The van der Waals surface area contributed by atoms with Gasteiger partial charge in [0.1, 0.15) is 5.75 Å². The Morgan fingerprint density at radius 2 is 1.87 bits per heavy atom. The highest BCUT2D eigenvalue weighted by Gasteiger charge is 2.07. The van der Waals surface area contributed by atoms with Crippen LogP contribution in [0.3, 0.4) is 0 Å². The van der Waals surface area contributed by atoms with Gasteiger partial charge >= 0.3 is 5.97 Å². The number of ether oxygens (including phenoxy) is 1. The quantitative estimate of drug-likeness (QED) is 0.376. The van der Waals surface area contributed by atoms with E-state index >= 15 is 0 Å². The molecule has 0 bridgehead atoms. The van der Waals surface area contributed by atoms with Gasteiger partial charge in [0, 0.05) is 10.0 Å². The van der Waals surface area contributed by atoms with Crippen LogP contribution in [0.15, 0.2) is 52.1 Å². The van der Waals surface area contributed by atoms with Crippen molar-refractivity contribution >= 4 is 27.7 Å². The Labute approximate surface area is 143 Å². The van der Waals surface area contributed by atoms with Crippen LogP contribution in [0.2, 0.25) is 0 Å². The SMILES string of the molecule is Cc1ccc(C)c(OCC(=O)O/N=C(/N)c2ccc(Br)cc2)c1. The molecule has 0 spiro atoms. The number of hydrogen-bond acceptors (Lipinski definition) is 4. The van der Waals surface area contributed by atoms with Crippen LogP contribution in [0.4, 0.5) is 0 Å². The molecule has 2 aromatic carbocycles. The van der Waals surface area contributed by atoms with Crippen molar-refractivity contribution in [2.75, 3.05) is 6.61 Å². The summed E-state index contributed by atoms with van der Waals surface area (Å²) in [5.74, 6) is 0.148. The first kappa shape index (κ1) is 17.0. The molecular weight excluding hydrogens is 360 g/mol. The van der Waals surface area contributed by atoms with Gasteiger partial charge in [-0.25, -0.2) is 4.79 Å². The normalized spacial score (nSPS) is 11.2. The molecule has 5 nitrogen and oxygen atoms in total. The second kappa shape index (κ2) is 7.78. The Morgan fingerprint density at radius 1 is 1.17 bits per heavy atom. The van der Waals surface area contributed by atoms with Gasteiger partial charge in [-0.1, -0.05) is 45.4 Å². The summed E-state index contributed by atoms with van der Waals surface area (Å²) in [6, 6.07) is 12.9. The molecule has 0 saturated heterocycles. The van der Waals surface area contributed by atoms with Crippen LogP contribution in [0, 0.1) is 13.8 Å². The van der Waals surface area contributed by atoms with Crippen LogP contribution in [0.1, 0.15) is 16.7 Å². The van der Waals surface area contributed by atoms with E-state index in [-0.39, 0.29) is 12.4 Å². The smallest absolute Gasteiger partial charge is 0.372 e. The third-order valence-electron chi connectivity index (χ3n) is 3.07. The maximum Gasteiger partial charge on any atom is 0.372 e. The van der Waals surface area contributed by atoms with Gasteiger partial charge in [-0.2, -0.15) is 0 Å². The number of aryl methyl sites for hydroxylation is 2. The largest absolute Gasteiger partial charge is 0.482 e. The minimum Gasteiger partial charge on any atom is -0.482 e. The standard InChI is InChI=1S/C17H17BrN2O3/c1-11-3-4-12(2)15(9-11)22-10-16(21)23-20-17(19)13-5-7-14(18)8-6-13/h3-9H,10H2,1-2H3,(H2,19,20). The number of halogens is 1. The summed E-state index contributed by atoms with van der Waals surface area (Å²) in [5.41, 5.74) is 8.42. The first-order chi connectivity index (χ1) is 11.0. The number of nitrogens with zero attached hydrogens (tertiary/aromatic N) is 1. The van der Waals surface area contributed by atoms with E-state index in [1.165, 1.54) is 0 Å². The molecule has 120 valence electrons. The molecule has 2 aromatic rings. The molecule has 0 aliphatic carbocycles. The summed E-state index contributed by atoms with van der Waals surface area (Å²) in [6.07, 6.45) is 0. The molecule has 0 aromatic heterocycles. The number of carbonyl (C=O) groups excluding carboxylic acids is 1. The van der Waals surface area contributed by atoms with Gasteiger partial charge in [0.15, 0.2) is 12.4 Å². The Morgan fingerprint density at radius 3 is 2.57 bits per heavy atom. The Hall–Kier alpha value is -2.34. The molecule has 23 heavy (non-hydrogen) atoms. The van der Waals surface area contributed by atoms with Crippen LogP contribution < -0.4 is 10.5 Å². The number of oxime groups is 1. The van der Waals surface area contributed by atoms with Crippen molar-refractivity contribution in [1.82, 2.24) is 0 Å². The molecule has 0 aliphatic heterocycles. The zero-order valence-corrected chi connectivity index (χ0v) is 14.5. The first-order valence-electron chi connectivity index (χ1n) is 6.95. The highest BCUT2D eigenvalue weighted by atomic mass is 79.9. The molecule has 6 heteroatoms. The third kappa shape index (κ3) is 5.10. The van der Waals surface area contributed by atoms with Crippen molar-refractivity contribution < 1.29 is 14.4 Å². The summed E-state index contributed by atoms with van der Waals surface area (Å²) in [4.78, 5) is 16.5. The van der Waals surface area contributed by atoms with Crippen LogP contribution >= 0.6 is 15.9 Å². The van der Waals surface area contributed by atoms with E-state index in [1.807, 2.05) is 44.2 Å². The van der Waals surface area contributed by atoms with Gasteiger partial charge in [-0.05, 0) is 43.2 Å². The van der Waals surface area contributed by atoms with Crippen molar-refractivity contribution in [3.8, 4) is 5.75 Å². The Bertz CT molecular complexity index is 727. The van der Waals surface area contributed by atoms with E-state index in [0.717, 1.165) is 15.6 Å². The summed E-state index contributed by atoms with van der Waals surface area (Å²) in [5, 5.41) is 3.63. The molecule has 0 fully saturated rings. The molecule has 0 unspecified atom stereocenters. The predicted molar refractivity (Wildman–Crippen MR) is 92.4 cm³/mol. The lowest BCUT2D eigenvalue weighted by Gasteiger charge is -2.08. The van der Waals surface area contributed by atoms with E-state index in [0.29, 0.717) is 11.3 Å². The average Bonchev–Trinajstić information content (AvgIpc) is 2.54. The molecule has 0 radical (unpaired) electrons.